The molecule has 9 heteroatoms. The average Bonchev–Trinajstić information content (AvgIpc) is 3.34. The van der Waals surface area contributed by atoms with Gasteiger partial charge in [0.1, 0.15) is 5.41 Å². The summed E-state index contributed by atoms with van der Waals surface area (Å²) in [5.74, 6) is -0.285. The summed E-state index contributed by atoms with van der Waals surface area (Å²) in [7, 11) is -3.09. The fourth-order valence-electron chi connectivity index (χ4n) is 3.84. The molecule has 0 bridgehead atoms. The molecule has 3 rings (SSSR count). The quantitative estimate of drug-likeness (QED) is 0.461. The molecule has 3 fully saturated rings. The first-order chi connectivity index (χ1) is 11.8. The van der Waals surface area contributed by atoms with Crippen LogP contribution in [0.3, 0.4) is 0 Å². The van der Waals surface area contributed by atoms with E-state index in [0.717, 1.165) is 6.41 Å². The Hall–Kier alpha value is -1.64. The van der Waals surface area contributed by atoms with Crippen molar-refractivity contribution in [3.05, 3.63) is 0 Å². The molecule has 1 aliphatic carbocycles. The van der Waals surface area contributed by atoms with Gasteiger partial charge in [-0.1, -0.05) is 0 Å². The van der Waals surface area contributed by atoms with Gasteiger partial charge in [0.05, 0.1) is 11.5 Å². The van der Waals surface area contributed by atoms with Gasteiger partial charge < -0.3 is 14.7 Å². The lowest BCUT2D eigenvalue weighted by atomic mass is 10.0. The molecule has 1 atom stereocenters. The predicted molar refractivity (Wildman–Crippen MR) is 90.3 cm³/mol. The van der Waals surface area contributed by atoms with E-state index < -0.39 is 15.3 Å². The number of sulfone groups is 1. The van der Waals surface area contributed by atoms with Gasteiger partial charge >= 0.3 is 0 Å². The Morgan fingerprint density at radius 3 is 2.28 bits per heavy atom. The van der Waals surface area contributed by atoms with Crippen molar-refractivity contribution < 1.29 is 22.8 Å². The van der Waals surface area contributed by atoms with Crippen LogP contribution < -0.4 is 0 Å². The van der Waals surface area contributed by atoms with Crippen LogP contribution in [-0.2, 0) is 24.2 Å². The summed E-state index contributed by atoms with van der Waals surface area (Å²) in [5, 5.41) is 0. The highest BCUT2D eigenvalue weighted by molar-refractivity contribution is 7.91. The third-order valence-electron chi connectivity index (χ3n) is 5.57. The number of hydrogen-bond acceptors (Lipinski definition) is 5. The number of amides is 3. The molecule has 0 aromatic heterocycles. The molecular formula is C16H25N3O5S. The van der Waals surface area contributed by atoms with E-state index in [1.807, 2.05) is 6.92 Å². The third kappa shape index (κ3) is 3.38. The molecule has 0 N–H and O–H groups in total. The molecular weight excluding hydrogens is 346 g/mol. The van der Waals surface area contributed by atoms with Gasteiger partial charge in [-0.15, -0.1) is 0 Å². The molecule has 25 heavy (non-hydrogen) atoms. The van der Waals surface area contributed by atoms with Crippen LogP contribution in [-0.4, -0.2) is 91.6 Å². The topological polar surface area (TPSA) is 95.1 Å². The number of nitrogens with zero attached hydrogens (tertiary/aromatic N) is 3. The molecule has 3 amide bonds. The molecule has 2 saturated heterocycles. The van der Waals surface area contributed by atoms with E-state index in [1.165, 1.54) is 0 Å². The van der Waals surface area contributed by atoms with Gasteiger partial charge in [0.2, 0.25) is 18.2 Å². The van der Waals surface area contributed by atoms with Crippen molar-refractivity contribution in [3.8, 4) is 0 Å². The van der Waals surface area contributed by atoms with E-state index in [0.29, 0.717) is 52.0 Å². The first-order valence-corrected chi connectivity index (χ1v) is 10.7. The van der Waals surface area contributed by atoms with Crippen molar-refractivity contribution in [1.29, 1.82) is 0 Å². The highest BCUT2D eigenvalue weighted by Crippen LogP contribution is 2.49. The zero-order valence-electron chi connectivity index (χ0n) is 14.5. The van der Waals surface area contributed by atoms with Crippen molar-refractivity contribution >= 4 is 28.1 Å². The standard InChI is InChI=1S/C16H25N3O5S/c1-2-19(13-3-10-25(23,24)11-13)15(22)16(4-5-16)14(21)18-8-6-17(12-20)7-9-18/h12-13H,2-11H2,1H3. The number of carbonyl (C=O) groups is 3. The maximum Gasteiger partial charge on any atom is 0.238 e. The summed E-state index contributed by atoms with van der Waals surface area (Å²) in [4.78, 5) is 41.7. The van der Waals surface area contributed by atoms with Gasteiger partial charge in [0.15, 0.2) is 9.84 Å². The maximum absolute atomic E-state index is 13.1. The van der Waals surface area contributed by atoms with Crippen LogP contribution in [0.5, 0.6) is 0 Å². The number of carbonyl (C=O) groups excluding carboxylic acids is 3. The van der Waals surface area contributed by atoms with Crippen LogP contribution in [0.1, 0.15) is 26.2 Å². The van der Waals surface area contributed by atoms with Gasteiger partial charge in [-0.25, -0.2) is 8.42 Å². The minimum atomic E-state index is -3.09. The van der Waals surface area contributed by atoms with Crippen molar-refractivity contribution in [1.82, 2.24) is 14.7 Å². The van der Waals surface area contributed by atoms with Gasteiger partial charge in [0, 0.05) is 38.8 Å². The fraction of sp³-hybridized carbons (Fsp3) is 0.812. The van der Waals surface area contributed by atoms with Crippen LogP contribution >= 0.6 is 0 Å². The van der Waals surface area contributed by atoms with Crippen LogP contribution in [0.4, 0.5) is 0 Å². The Balaban J connectivity index is 1.70. The lowest BCUT2D eigenvalue weighted by molar-refractivity contribution is -0.152. The van der Waals surface area contributed by atoms with Crippen LogP contribution in [0.15, 0.2) is 0 Å². The second kappa shape index (κ2) is 6.59. The molecule has 0 radical (unpaired) electrons. The molecule has 2 aliphatic heterocycles. The van der Waals surface area contributed by atoms with E-state index >= 15 is 0 Å². The molecule has 2 heterocycles. The summed E-state index contributed by atoms with van der Waals surface area (Å²) < 4.78 is 23.5. The van der Waals surface area contributed by atoms with Crippen molar-refractivity contribution in [3.63, 3.8) is 0 Å². The second-order valence-corrected chi connectivity index (χ2v) is 9.39. The number of rotatable bonds is 5. The fourth-order valence-corrected chi connectivity index (χ4v) is 5.57. The van der Waals surface area contributed by atoms with Gasteiger partial charge in [0.25, 0.3) is 0 Å². The minimum Gasteiger partial charge on any atom is -0.342 e. The first-order valence-electron chi connectivity index (χ1n) is 8.83. The van der Waals surface area contributed by atoms with Crippen LogP contribution in [0.25, 0.3) is 0 Å². The van der Waals surface area contributed by atoms with Crippen molar-refractivity contribution in [2.45, 2.75) is 32.2 Å². The molecule has 8 nitrogen and oxygen atoms in total. The molecule has 1 unspecified atom stereocenters. The summed E-state index contributed by atoms with van der Waals surface area (Å²) in [5.41, 5.74) is -1.01. The van der Waals surface area contributed by atoms with E-state index in [4.69, 9.17) is 0 Å². The van der Waals surface area contributed by atoms with E-state index in [-0.39, 0.29) is 29.4 Å². The molecule has 0 spiro atoms. The van der Waals surface area contributed by atoms with Crippen molar-refractivity contribution in [2.75, 3.05) is 44.2 Å². The Bertz CT molecular complexity index is 665. The second-order valence-electron chi connectivity index (χ2n) is 7.16. The number of piperazine rings is 1. The molecule has 1 saturated carbocycles. The minimum absolute atomic E-state index is 0.00510. The number of hydrogen-bond donors (Lipinski definition) is 0. The summed E-state index contributed by atoms with van der Waals surface area (Å²) >= 11 is 0. The molecule has 3 aliphatic rings. The maximum atomic E-state index is 13.1. The SMILES string of the molecule is CCN(C(=O)C1(C(=O)N2CCN(C=O)CC2)CC1)C1CCS(=O)(=O)C1. The van der Waals surface area contributed by atoms with E-state index in [1.54, 1.807) is 14.7 Å². The highest BCUT2D eigenvalue weighted by atomic mass is 32.2. The Labute approximate surface area is 148 Å². The zero-order chi connectivity index (χ0) is 18.2. The molecule has 0 aromatic carbocycles. The third-order valence-corrected chi connectivity index (χ3v) is 7.32. The van der Waals surface area contributed by atoms with Crippen molar-refractivity contribution in [2.24, 2.45) is 5.41 Å². The van der Waals surface area contributed by atoms with Gasteiger partial charge in [-0.05, 0) is 26.2 Å². The first kappa shape index (κ1) is 18.2. The Morgan fingerprint density at radius 1 is 1.20 bits per heavy atom. The summed E-state index contributed by atoms with van der Waals surface area (Å²) in [6.07, 6.45) is 2.27. The average molecular weight is 371 g/mol. The van der Waals surface area contributed by atoms with Gasteiger partial charge in [-0.3, -0.25) is 14.4 Å². The molecule has 140 valence electrons. The summed E-state index contributed by atoms with van der Waals surface area (Å²) in [6.45, 7) is 4.09. The Kier molecular flexibility index (Phi) is 4.78. The smallest absolute Gasteiger partial charge is 0.238 e. The summed E-state index contributed by atoms with van der Waals surface area (Å²) in [6, 6.07) is -0.320. The lowest BCUT2D eigenvalue weighted by Crippen LogP contribution is -2.54. The van der Waals surface area contributed by atoms with Gasteiger partial charge in [-0.2, -0.15) is 0 Å². The van der Waals surface area contributed by atoms with E-state index in [2.05, 4.69) is 0 Å². The normalized spacial score (nSPS) is 27.0. The largest absolute Gasteiger partial charge is 0.342 e. The lowest BCUT2D eigenvalue weighted by Gasteiger charge is -2.36. The predicted octanol–water partition coefficient (Wildman–Crippen LogP) is -0.897. The van der Waals surface area contributed by atoms with Crippen LogP contribution in [0, 0.1) is 5.41 Å². The molecule has 0 aromatic rings. The highest BCUT2D eigenvalue weighted by Gasteiger charge is 2.60. The Morgan fingerprint density at radius 2 is 1.84 bits per heavy atom. The monoisotopic (exact) mass is 371 g/mol. The van der Waals surface area contributed by atoms with Crippen LogP contribution in [0.2, 0.25) is 0 Å². The van der Waals surface area contributed by atoms with E-state index in [9.17, 15) is 22.8 Å². The zero-order valence-corrected chi connectivity index (χ0v) is 15.3.